The molecule has 204 valence electrons. The Balaban J connectivity index is 1.54. The Morgan fingerprint density at radius 2 is 2.00 bits per heavy atom. The summed E-state index contributed by atoms with van der Waals surface area (Å²) >= 11 is 3.15. The van der Waals surface area contributed by atoms with Crippen LogP contribution in [0.25, 0.3) is 21.9 Å². The Morgan fingerprint density at radius 1 is 1.26 bits per heavy atom. The minimum absolute atomic E-state index is 0.0557. The molecule has 3 N–H and O–H groups in total. The summed E-state index contributed by atoms with van der Waals surface area (Å²) in [5, 5.41) is 2.84. The number of nitrogens with one attached hydrogen (secondary N) is 1. The predicted octanol–water partition coefficient (Wildman–Crippen LogP) is 4.01. The number of carbonyl (C=O) groups excluding carboxylic acids is 2. The average molecular weight is 609 g/mol. The Kier molecular flexibility index (Phi) is 6.44. The second-order valence-corrected chi connectivity index (χ2v) is 10.4. The Morgan fingerprint density at radius 3 is 2.69 bits per heavy atom. The van der Waals surface area contributed by atoms with Gasteiger partial charge in [0.1, 0.15) is 40.7 Å². The number of aryl methyl sites for hydroxylation is 1. The van der Waals surface area contributed by atoms with Crippen molar-refractivity contribution >= 4 is 61.3 Å². The smallest absolute Gasteiger partial charge is 0.383 e. The standard InChI is InChI=1S/C24H21BrF4N8O2/c1-11-3-12(24(27,28)29)4-13-18-20(30)32-10-33-21(18)36(19(11)13)8-17(38)37-9-23(2,26)5-14(37)22(39)35-16-7-31-6-15(25)34-16/h3-4,6-7,10,14H,5,8-9H2,1-2H3,(H2,30,32,33)(H,34,35,39)/t14-,23+/m0/s1. The molecule has 10 nitrogen and oxygen atoms in total. The summed E-state index contributed by atoms with van der Waals surface area (Å²) in [6.07, 6.45) is -1.02. The predicted molar refractivity (Wildman–Crippen MR) is 137 cm³/mol. The summed E-state index contributed by atoms with van der Waals surface area (Å²) in [5.41, 5.74) is 3.94. The van der Waals surface area contributed by atoms with Gasteiger partial charge in [-0.3, -0.25) is 14.6 Å². The molecule has 4 aromatic rings. The number of alkyl halides is 4. The molecule has 0 aliphatic carbocycles. The number of carbonyl (C=O) groups is 2. The lowest BCUT2D eigenvalue weighted by Gasteiger charge is -2.24. The van der Waals surface area contributed by atoms with Crippen LogP contribution in [0.1, 0.15) is 24.5 Å². The van der Waals surface area contributed by atoms with E-state index in [1.165, 1.54) is 30.8 Å². The van der Waals surface area contributed by atoms with E-state index in [1.54, 1.807) is 0 Å². The van der Waals surface area contributed by atoms with E-state index in [0.29, 0.717) is 10.1 Å². The van der Waals surface area contributed by atoms with Gasteiger partial charge in [-0.15, -0.1) is 0 Å². The van der Waals surface area contributed by atoms with Gasteiger partial charge in [-0.05, 0) is 47.5 Å². The van der Waals surface area contributed by atoms with Gasteiger partial charge in [0.15, 0.2) is 5.82 Å². The highest BCUT2D eigenvalue weighted by Crippen LogP contribution is 2.39. The number of aromatic nitrogens is 5. The van der Waals surface area contributed by atoms with E-state index in [-0.39, 0.29) is 46.6 Å². The summed E-state index contributed by atoms with van der Waals surface area (Å²) < 4.78 is 57.6. The third-order valence-corrected chi connectivity index (χ3v) is 6.93. The molecule has 5 rings (SSSR count). The van der Waals surface area contributed by atoms with Gasteiger partial charge in [0.25, 0.3) is 0 Å². The molecule has 2 amide bonds. The molecule has 1 aliphatic rings. The van der Waals surface area contributed by atoms with Gasteiger partial charge in [0.2, 0.25) is 11.8 Å². The second kappa shape index (κ2) is 9.39. The number of amides is 2. The molecule has 15 heteroatoms. The number of rotatable bonds is 4. The molecular formula is C24H21BrF4N8O2. The van der Waals surface area contributed by atoms with Gasteiger partial charge in [-0.1, -0.05) is 0 Å². The lowest BCUT2D eigenvalue weighted by molar-refractivity contribution is -0.137. The van der Waals surface area contributed by atoms with Crippen molar-refractivity contribution in [1.82, 2.24) is 29.4 Å². The molecule has 2 atom stereocenters. The fourth-order valence-electron chi connectivity index (χ4n) is 4.98. The number of likely N-dealkylation sites (tertiary alicyclic amines) is 1. The summed E-state index contributed by atoms with van der Waals surface area (Å²) in [6.45, 7) is 1.97. The molecule has 1 aliphatic heterocycles. The fraction of sp³-hybridized carbons (Fsp3) is 0.333. The monoisotopic (exact) mass is 608 g/mol. The van der Waals surface area contributed by atoms with E-state index in [4.69, 9.17) is 5.73 Å². The highest BCUT2D eigenvalue weighted by Gasteiger charge is 2.47. The van der Waals surface area contributed by atoms with E-state index < -0.39 is 41.8 Å². The Hall–Kier alpha value is -3.88. The third-order valence-electron chi connectivity index (χ3n) is 6.55. The maximum absolute atomic E-state index is 15.1. The summed E-state index contributed by atoms with van der Waals surface area (Å²) in [7, 11) is 0. The number of nitrogens with two attached hydrogens (primary N) is 1. The van der Waals surface area contributed by atoms with Crippen LogP contribution in [-0.4, -0.2) is 59.5 Å². The maximum Gasteiger partial charge on any atom is 0.416 e. The quantitative estimate of drug-likeness (QED) is 0.334. The lowest BCUT2D eigenvalue weighted by atomic mass is 10.0. The van der Waals surface area contributed by atoms with E-state index >= 15 is 4.39 Å². The minimum atomic E-state index is -4.62. The molecule has 39 heavy (non-hydrogen) atoms. The van der Waals surface area contributed by atoms with Crippen molar-refractivity contribution in [1.29, 1.82) is 0 Å². The molecule has 0 unspecified atom stereocenters. The average Bonchev–Trinajstić information content (AvgIpc) is 3.34. The largest absolute Gasteiger partial charge is 0.416 e. The zero-order valence-corrected chi connectivity index (χ0v) is 22.1. The normalized spacial score (nSPS) is 19.7. The Labute approximate surface area is 226 Å². The molecule has 0 saturated carbocycles. The molecule has 1 fully saturated rings. The topological polar surface area (TPSA) is 132 Å². The number of hydrogen-bond donors (Lipinski definition) is 2. The van der Waals surface area contributed by atoms with Crippen molar-refractivity contribution in [2.24, 2.45) is 0 Å². The van der Waals surface area contributed by atoms with Crippen molar-refractivity contribution in [3.8, 4) is 0 Å². The number of fused-ring (bicyclic) bond motifs is 3. The number of nitrogen functional groups attached to an aromatic ring is 1. The number of nitrogens with zero attached hydrogens (tertiary/aromatic N) is 6. The fourth-order valence-corrected chi connectivity index (χ4v) is 5.29. The first-order valence-electron chi connectivity index (χ1n) is 11.6. The first kappa shape index (κ1) is 26.7. The van der Waals surface area contributed by atoms with Gasteiger partial charge < -0.3 is 20.5 Å². The molecular weight excluding hydrogens is 588 g/mol. The number of benzene rings is 1. The first-order valence-corrected chi connectivity index (χ1v) is 12.4. The van der Waals surface area contributed by atoms with Crippen LogP contribution >= 0.6 is 15.9 Å². The van der Waals surface area contributed by atoms with E-state index in [0.717, 1.165) is 23.4 Å². The number of halogens is 5. The van der Waals surface area contributed by atoms with Crippen LogP contribution in [0.4, 0.5) is 29.2 Å². The van der Waals surface area contributed by atoms with Crippen LogP contribution in [-0.2, 0) is 22.3 Å². The SMILES string of the molecule is Cc1cc(C(F)(F)F)cc2c3c(N)ncnc3n(CC(=O)N3C[C@](C)(F)C[C@H]3C(=O)Nc3cncc(Br)n3)c12. The van der Waals surface area contributed by atoms with Crippen LogP contribution in [0.3, 0.4) is 0 Å². The van der Waals surface area contributed by atoms with Crippen molar-refractivity contribution < 1.29 is 27.2 Å². The zero-order valence-electron chi connectivity index (χ0n) is 20.6. The lowest BCUT2D eigenvalue weighted by Crippen LogP contribution is -2.44. The third kappa shape index (κ3) is 4.97. The highest BCUT2D eigenvalue weighted by molar-refractivity contribution is 9.10. The zero-order chi connectivity index (χ0) is 28.3. The molecule has 3 aromatic heterocycles. The van der Waals surface area contributed by atoms with Crippen molar-refractivity contribution in [2.75, 3.05) is 17.6 Å². The van der Waals surface area contributed by atoms with Crippen LogP contribution in [0.5, 0.6) is 0 Å². The molecule has 0 spiro atoms. The Bertz CT molecular complexity index is 1640. The van der Waals surface area contributed by atoms with Crippen molar-refractivity contribution in [3.63, 3.8) is 0 Å². The van der Waals surface area contributed by atoms with Crippen LogP contribution in [0, 0.1) is 6.92 Å². The minimum Gasteiger partial charge on any atom is -0.383 e. The van der Waals surface area contributed by atoms with Crippen LogP contribution in [0.2, 0.25) is 0 Å². The summed E-state index contributed by atoms with van der Waals surface area (Å²) in [5.74, 6) is -1.23. The van der Waals surface area contributed by atoms with Crippen molar-refractivity contribution in [3.05, 3.63) is 46.6 Å². The maximum atomic E-state index is 15.1. The number of hydrogen-bond acceptors (Lipinski definition) is 7. The first-order chi connectivity index (χ1) is 18.2. The molecule has 0 radical (unpaired) electrons. The molecule has 0 bridgehead atoms. The molecule has 1 aromatic carbocycles. The van der Waals surface area contributed by atoms with Crippen molar-refractivity contribution in [2.45, 2.75) is 44.7 Å². The van der Waals surface area contributed by atoms with Crippen LogP contribution < -0.4 is 11.1 Å². The van der Waals surface area contributed by atoms with Gasteiger partial charge in [0.05, 0.1) is 35.4 Å². The van der Waals surface area contributed by atoms with E-state index in [2.05, 4.69) is 41.2 Å². The van der Waals surface area contributed by atoms with E-state index in [1.807, 2.05) is 0 Å². The van der Waals surface area contributed by atoms with Gasteiger partial charge in [-0.2, -0.15) is 13.2 Å². The molecule has 1 saturated heterocycles. The highest BCUT2D eigenvalue weighted by atomic mass is 79.9. The van der Waals surface area contributed by atoms with E-state index in [9.17, 15) is 22.8 Å². The second-order valence-electron chi connectivity index (χ2n) is 9.60. The van der Waals surface area contributed by atoms with Crippen LogP contribution in [0.15, 0.2) is 35.5 Å². The summed E-state index contributed by atoms with van der Waals surface area (Å²) in [4.78, 5) is 43.9. The molecule has 4 heterocycles. The van der Waals surface area contributed by atoms with Gasteiger partial charge >= 0.3 is 6.18 Å². The summed E-state index contributed by atoms with van der Waals surface area (Å²) in [6, 6.07) is 0.740. The van der Waals surface area contributed by atoms with Gasteiger partial charge in [0, 0.05) is 11.8 Å². The van der Waals surface area contributed by atoms with Gasteiger partial charge in [-0.25, -0.2) is 19.3 Å². The number of anilines is 2.